The van der Waals surface area contributed by atoms with Crippen LogP contribution in [0.4, 0.5) is 5.69 Å². The van der Waals surface area contributed by atoms with Crippen LogP contribution in [-0.2, 0) is 16.0 Å². The van der Waals surface area contributed by atoms with Crippen LogP contribution in [0.5, 0.6) is 0 Å². The first-order valence-corrected chi connectivity index (χ1v) is 6.25. The van der Waals surface area contributed by atoms with Crippen LogP contribution in [0.2, 0.25) is 0 Å². The molecular weight excluding hydrogens is 244 g/mol. The van der Waals surface area contributed by atoms with Crippen molar-refractivity contribution in [2.75, 3.05) is 32.1 Å². The molecule has 1 aromatic rings. The van der Waals surface area contributed by atoms with Crippen molar-refractivity contribution in [1.82, 2.24) is 4.90 Å². The summed E-state index contributed by atoms with van der Waals surface area (Å²) in [6.07, 6.45) is 0.526. The molecule has 1 unspecified atom stereocenters. The third-order valence-corrected chi connectivity index (χ3v) is 3.41. The van der Waals surface area contributed by atoms with E-state index in [9.17, 15) is 14.7 Å². The van der Waals surface area contributed by atoms with Crippen molar-refractivity contribution in [3.8, 4) is 0 Å². The Bertz CT molecular complexity index is 499. The van der Waals surface area contributed by atoms with Crippen molar-refractivity contribution < 1.29 is 14.7 Å². The van der Waals surface area contributed by atoms with Gasteiger partial charge in [0.15, 0.2) is 0 Å². The molecule has 0 spiro atoms. The van der Waals surface area contributed by atoms with Gasteiger partial charge in [0.05, 0.1) is 12.5 Å². The van der Waals surface area contributed by atoms with Gasteiger partial charge in [-0.2, -0.15) is 0 Å². The van der Waals surface area contributed by atoms with Crippen LogP contribution in [0.15, 0.2) is 24.3 Å². The highest BCUT2D eigenvalue weighted by atomic mass is 16.4. The Morgan fingerprint density at radius 1 is 1.37 bits per heavy atom. The lowest BCUT2D eigenvalue weighted by atomic mass is 9.92. The largest absolute Gasteiger partial charge is 0.481 e. The van der Waals surface area contributed by atoms with Gasteiger partial charge in [0, 0.05) is 26.3 Å². The third-order valence-electron chi connectivity index (χ3n) is 3.41. The van der Waals surface area contributed by atoms with Crippen molar-refractivity contribution in [2.24, 2.45) is 5.92 Å². The Morgan fingerprint density at radius 2 is 2.05 bits per heavy atom. The van der Waals surface area contributed by atoms with E-state index in [0.29, 0.717) is 13.0 Å². The zero-order chi connectivity index (χ0) is 14.0. The summed E-state index contributed by atoms with van der Waals surface area (Å²) in [5.41, 5.74) is 1.96. The molecule has 0 fully saturated rings. The van der Waals surface area contributed by atoms with Crippen LogP contribution in [0.25, 0.3) is 0 Å². The van der Waals surface area contributed by atoms with Gasteiger partial charge in [0.1, 0.15) is 0 Å². The second kappa shape index (κ2) is 5.30. The van der Waals surface area contributed by atoms with Gasteiger partial charge in [-0.25, -0.2) is 0 Å². The fourth-order valence-electron chi connectivity index (χ4n) is 2.31. The topological polar surface area (TPSA) is 60.9 Å². The summed E-state index contributed by atoms with van der Waals surface area (Å²) in [6.45, 7) is 0.597. The molecular formula is C14H18N2O3. The minimum absolute atomic E-state index is 0.0270. The Labute approximate surface area is 112 Å². The standard InChI is InChI=1S/C14H18N2O3/c1-15(2)13(17)9-16-8-11(14(18)19)7-10-5-3-4-6-12(10)16/h3-6,11H,7-9H2,1-2H3,(H,18,19). The van der Waals surface area contributed by atoms with Gasteiger partial charge in [-0.15, -0.1) is 0 Å². The lowest BCUT2D eigenvalue weighted by molar-refractivity contribution is -0.141. The van der Waals surface area contributed by atoms with E-state index in [1.807, 2.05) is 29.2 Å². The SMILES string of the molecule is CN(C)C(=O)CN1CC(C(=O)O)Cc2ccccc21. The van der Waals surface area contributed by atoms with Crippen molar-refractivity contribution in [1.29, 1.82) is 0 Å². The van der Waals surface area contributed by atoms with Gasteiger partial charge in [-0.3, -0.25) is 9.59 Å². The highest BCUT2D eigenvalue weighted by Gasteiger charge is 2.29. The van der Waals surface area contributed by atoms with Crippen LogP contribution in [0, 0.1) is 5.92 Å². The highest BCUT2D eigenvalue weighted by molar-refractivity contribution is 5.82. The van der Waals surface area contributed by atoms with Gasteiger partial charge < -0.3 is 14.9 Å². The molecule has 0 aliphatic carbocycles. The number of anilines is 1. The van der Waals surface area contributed by atoms with Gasteiger partial charge in [-0.1, -0.05) is 18.2 Å². The summed E-state index contributed by atoms with van der Waals surface area (Å²) in [5, 5.41) is 9.20. The number of rotatable bonds is 3. The molecule has 1 heterocycles. The van der Waals surface area contributed by atoms with Crippen LogP contribution in [0.3, 0.4) is 0 Å². The number of nitrogens with zero attached hydrogens (tertiary/aromatic N) is 2. The quantitative estimate of drug-likeness (QED) is 0.877. The summed E-state index contributed by atoms with van der Waals surface area (Å²) in [7, 11) is 3.40. The second-order valence-electron chi connectivity index (χ2n) is 5.04. The molecule has 5 heteroatoms. The molecule has 1 aliphatic heterocycles. The zero-order valence-corrected chi connectivity index (χ0v) is 11.2. The molecule has 0 aromatic heterocycles. The number of likely N-dealkylation sites (N-methyl/N-ethyl adjacent to an activating group) is 1. The van der Waals surface area contributed by atoms with E-state index < -0.39 is 11.9 Å². The maximum Gasteiger partial charge on any atom is 0.308 e. The molecule has 0 bridgehead atoms. The summed E-state index contributed by atoms with van der Waals surface area (Å²) in [6, 6.07) is 7.68. The summed E-state index contributed by atoms with van der Waals surface area (Å²) in [4.78, 5) is 26.4. The van der Waals surface area contributed by atoms with E-state index in [2.05, 4.69) is 0 Å². The van der Waals surface area contributed by atoms with E-state index >= 15 is 0 Å². The predicted molar refractivity (Wildman–Crippen MR) is 72.2 cm³/mol. The molecule has 0 saturated carbocycles. The average molecular weight is 262 g/mol. The molecule has 1 aromatic carbocycles. The number of aliphatic carboxylic acids is 1. The van der Waals surface area contributed by atoms with Crippen LogP contribution in [-0.4, -0.2) is 49.1 Å². The van der Waals surface area contributed by atoms with Crippen LogP contribution < -0.4 is 4.90 Å². The fraction of sp³-hybridized carbons (Fsp3) is 0.429. The normalized spacial score (nSPS) is 17.8. The number of hydrogen-bond donors (Lipinski definition) is 1. The Morgan fingerprint density at radius 3 is 2.68 bits per heavy atom. The maximum atomic E-state index is 11.8. The number of fused-ring (bicyclic) bond motifs is 1. The highest BCUT2D eigenvalue weighted by Crippen LogP contribution is 2.29. The molecule has 5 nitrogen and oxygen atoms in total. The molecule has 0 radical (unpaired) electrons. The third kappa shape index (κ3) is 2.86. The minimum atomic E-state index is -0.809. The molecule has 1 N–H and O–H groups in total. The minimum Gasteiger partial charge on any atom is -0.481 e. The number of carboxylic acids is 1. The van der Waals surface area contributed by atoms with Gasteiger partial charge in [0.25, 0.3) is 0 Å². The number of para-hydroxylation sites is 1. The summed E-state index contributed by atoms with van der Waals surface area (Å²) >= 11 is 0. The average Bonchev–Trinajstić information content (AvgIpc) is 2.38. The van der Waals surface area contributed by atoms with E-state index in [-0.39, 0.29) is 12.5 Å². The molecule has 1 atom stereocenters. The zero-order valence-electron chi connectivity index (χ0n) is 11.2. The van der Waals surface area contributed by atoms with E-state index in [0.717, 1.165) is 11.3 Å². The lowest BCUT2D eigenvalue weighted by Crippen LogP contribution is -2.44. The number of benzene rings is 1. The maximum absolute atomic E-state index is 11.8. The monoisotopic (exact) mass is 262 g/mol. The van der Waals surface area contributed by atoms with Gasteiger partial charge in [0.2, 0.25) is 5.91 Å². The van der Waals surface area contributed by atoms with Crippen molar-refractivity contribution in [2.45, 2.75) is 6.42 Å². The lowest BCUT2D eigenvalue weighted by Gasteiger charge is -2.34. The van der Waals surface area contributed by atoms with Crippen molar-refractivity contribution in [3.05, 3.63) is 29.8 Å². The smallest absolute Gasteiger partial charge is 0.308 e. The van der Waals surface area contributed by atoms with Gasteiger partial charge in [-0.05, 0) is 18.1 Å². The Hall–Kier alpha value is -2.04. The van der Waals surface area contributed by atoms with Gasteiger partial charge >= 0.3 is 5.97 Å². The Kier molecular flexibility index (Phi) is 3.74. The molecule has 1 aliphatic rings. The number of amides is 1. The van der Waals surface area contributed by atoms with E-state index in [1.54, 1.807) is 14.1 Å². The molecule has 19 heavy (non-hydrogen) atoms. The summed E-state index contributed by atoms with van der Waals surface area (Å²) < 4.78 is 0. The number of hydrogen-bond acceptors (Lipinski definition) is 3. The van der Waals surface area contributed by atoms with E-state index in [1.165, 1.54) is 4.90 Å². The number of carbonyl (C=O) groups is 2. The molecule has 102 valence electrons. The van der Waals surface area contributed by atoms with Crippen LogP contribution in [0.1, 0.15) is 5.56 Å². The molecule has 1 amide bonds. The predicted octanol–water partition coefficient (Wildman–Crippen LogP) is 0.838. The fourth-order valence-corrected chi connectivity index (χ4v) is 2.31. The van der Waals surface area contributed by atoms with Crippen molar-refractivity contribution >= 4 is 17.6 Å². The first-order chi connectivity index (χ1) is 8.99. The number of carbonyl (C=O) groups excluding carboxylic acids is 1. The Balaban J connectivity index is 2.26. The summed E-state index contributed by atoms with van der Waals surface area (Å²) in [5.74, 6) is -1.29. The van der Waals surface area contributed by atoms with Crippen LogP contribution >= 0.6 is 0 Å². The first kappa shape index (κ1) is 13.4. The molecule has 2 rings (SSSR count). The van der Waals surface area contributed by atoms with E-state index in [4.69, 9.17) is 0 Å². The van der Waals surface area contributed by atoms with Crippen molar-refractivity contribution in [3.63, 3.8) is 0 Å². The second-order valence-corrected chi connectivity index (χ2v) is 5.04. The first-order valence-electron chi connectivity index (χ1n) is 6.25. The molecule has 0 saturated heterocycles. The number of carboxylic acid groups (broad SMARTS) is 1.